The fourth-order valence-electron chi connectivity index (χ4n) is 5.92. The summed E-state index contributed by atoms with van der Waals surface area (Å²) in [7, 11) is -3.85. The van der Waals surface area contributed by atoms with Crippen molar-refractivity contribution in [1.82, 2.24) is 20.1 Å². The first kappa shape index (κ1) is 32.7. The molecule has 3 aromatic rings. The van der Waals surface area contributed by atoms with Crippen molar-refractivity contribution >= 4 is 57.2 Å². The van der Waals surface area contributed by atoms with Crippen LogP contribution in [-0.2, 0) is 38.1 Å². The largest absolute Gasteiger partial charge is 0.375 e. The summed E-state index contributed by atoms with van der Waals surface area (Å²) in [6.45, 7) is 2.34. The van der Waals surface area contributed by atoms with Crippen LogP contribution in [0.1, 0.15) is 29.5 Å². The fourth-order valence-corrected chi connectivity index (χ4v) is 7.56. The Morgan fingerprint density at radius 2 is 1.71 bits per heavy atom. The number of quaternary nitrogens is 1. The lowest BCUT2D eigenvalue weighted by atomic mass is 9.75. The molecule has 0 aromatic heterocycles. The monoisotopic (exact) mass is 653 g/mol. The van der Waals surface area contributed by atoms with Crippen molar-refractivity contribution < 1.29 is 17.9 Å². The maximum absolute atomic E-state index is 14.0. The van der Waals surface area contributed by atoms with Crippen LogP contribution in [0.15, 0.2) is 72.8 Å². The molecule has 1 spiro atoms. The van der Waals surface area contributed by atoms with Crippen LogP contribution < -0.4 is 20.1 Å². The molecular formula is C30H36Cl3N4O4S+. The maximum atomic E-state index is 14.0. The summed E-state index contributed by atoms with van der Waals surface area (Å²) in [4.78, 5) is 14.0. The highest BCUT2D eigenvalue weighted by Crippen LogP contribution is 2.50. The molecular weight excluding hydrogens is 619 g/mol. The number of amides is 1. The fraction of sp³-hybridized carbons (Fsp3) is 0.367. The topological polar surface area (TPSA) is 96.5 Å². The summed E-state index contributed by atoms with van der Waals surface area (Å²) in [5.41, 5.74) is 5.84. The molecule has 0 bridgehead atoms. The number of sulfonamides is 1. The van der Waals surface area contributed by atoms with Crippen molar-refractivity contribution in [3.05, 3.63) is 99.5 Å². The van der Waals surface area contributed by atoms with E-state index in [1.165, 1.54) is 6.26 Å². The second-order valence-electron chi connectivity index (χ2n) is 10.8. The Balaban J connectivity index is 0.00000405. The van der Waals surface area contributed by atoms with Crippen molar-refractivity contribution in [3.8, 4) is 0 Å². The number of hydrogen-bond donors (Lipinski definition) is 3. The number of piperidine rings is 1. The Labute approximate surface area is 263 Å². The van der Waals surface area contributed by atoms with Gasteiger partial charge in [-0.1, -0.05) is 87.9 Å². The molecule has 2 heterocycles. The zero-order chi connectivity index (χ0) is 29.1. The maximum Gasteiger partial charge on any atom is 0.321 e. The molecule has 1 amide bonds. The molecule has 0 aliphatic carbocycles. The van der Waals surface area contributed by atoms with Crippen LogP contribution in [-0.4, -0.2) is 52.9 Å². The van der Waals surface area contributed by atoms with E-state index in [1.54, 1.807) is 12.1 Å². The van der Waals surface area contributed by atoms with Gasteiger partial charge >= 0.3 is 10.0 Å². The highest BCUT2D eigenvalue weighted by Gasteiger charge is 2.60. The van der Waals surface area contributed by atoms with Crippen LogP contribution in [0.4, 0.5) is 5.69 Å². The van der Waals surface area contributed by atoms with Crippen molar-refractivity contribution in [1.29, 1.82) is 0 Å². The van der Waals surface area contributed by atoms with E-state index < -0.39 is 26.0 Å². The van der Waals surface area contributed by atoms with E-state index in [1.807, 2.05) is 60.7 Å². The average molecular weight is 655 g/mol. The molecule has 2 atom stereocenters. The quantitative estimate of drug-likeness (QED) is 0.274. The van der Waals surface area contributed by atoms with Crippen molar-refractivity contribution in [2.24, 2.45) is 0 Å². The molecule has 1 saturated heterocycles. The highest BCUT2D eigenvalue weighted by molar-refractivity contribution is 7.90. The molecule has 5 rings (SSSR count). The number of carbonyl (C=O) groups is 1. The molecule has 0 saturated carbocycles. The lowest BCUT2D eigenvalue weighted by Crippen LogP contribution is -2.68. The smallest absolute Gasteiger partial charge is 0.321 e. The Kier molecular flexibility index (Phi) is 10.6. The van der Waals surface area contributed by atoms with E-state index in [0.29, 0.717) is 27.9 Å². The highest BCUT2D eigenvalue weighted by atomic mass is 35.5. The number of fused-ring (bicyclic) bond motifs is 2. The van der Waals surface area contributed by atoms with Gasteiger partial charge in [-0.15, -0.1) is 12.4 Å². The third-order valence-corrected chi connectivity index (χ3v) is 10.5. The molecule has 2 aliphatic rings. The second kappa shape index (κ2) is 13.6. The van der Waals surface area contributed by atoms with Crippen LogP contribution in [0.3, 0.4) is 0 Å². The zero-order valence-electron chi connectivity index (χ0n) is 23.3. The van der Waals surface area contributed by atoms with Crippen LogP contribution in [0.25, 0.3) is 0 Å². The molecule has 12 heteroatoms. The molecule has 42 heavy (non-hydrogen) atoms. The van der Waals surface area contributed by atoms with Gasteiger partial charge in [0.2, 0.25) is 0 Å². The summed E-state index contributed by atoms with van der Waals surface area (Å²) >= 11 is 12.6. The van der Waals surface area contributed by atoms with Gasteiger partial charge in [0, 0.05) is 18.2 Å². The molecule has 226 valence electrons. The number of benzene rings is 3. The minimum atomic E-state index is -3.85. The first-order valence-electron chi connectivity index (χ1n) is 13.6. The number of rotatable bonds is 10. The summed E-state index contributed by atoms with van der Waals surface area (Å²) in [6.07, 6.45) is 2.75. The van der Waals surface area contributed by atoms with Gasteiger partial charge in [-0.25, -0.2) is 0 Å². The van der Waals surface area contributed by atoms with Crippen LogP contribution in [0.2, 0.25) is 10.0 Å². The van der Waals surface area contributed by atoms with Crippen molar-refractivity contribution in [3.63, 3.8) is 0 Å². The van der Waals surface area contributed by atoms with Crippen LogP contribution >= 0.6 is 35.6 Å². The number of hydrogen-bond acceptors (Lipinski definition) is 6. The predicted octanol–water partition coefficient (Wildman–Crippen LogP) is 4.72. The van der Waals surface area contributed by atoms with E-state index in [2.05, 4.69) is 16.1 Å². The Hall–Kier alpha value is -2.21. The Bertz CT molecular complexity index is 1500. The third-order valence-electron chi connectivity index (χ3n) is 8.09. The predicted molar refractivity (Wildman–Crippen MR) is 170 cm³/mol. The van der Waals surface area contributed by atoms with E-state index in [9.17, 15) is 13.2 Å². The number of carbonyl (C=O) groups excluding carboxylic acids is 1. The normalized spacial score (nSPS) is 20.0. The Morgan fingerprint density at radius 1 is 1.02 bits per heavy atom. The van der Waals surface area contributed by atoms with Gasteiger partial charge in [-0.2, -0.15) is 13.8 Å². The van der Waals surface area contributed by atoms with E-state index >= 15 is 0 Å². The summed E-state index contributed by atoms with van der Waals surface area (Å²) in [5.74, 6) is -0.484. The molecule has 0 radical (unpaired) electrons. The standard InChI is InChI=1S/C30H34Cl2N4O4S.ClH/c1-41(38,39)36(21-30(14-16-33-17-15-30)24-11-5-6-13-27(24)36)35-29(37)26(20-40-19-22-8-3-2-4-9-22)34-18-23-10-7-12-25(31)28(23)32;/h2-13,26,33-34H,14-21H2,1H3;1H/p+1. The van der Waals surface area contributed by atoms with Crippen LogP contribution in [0, 0.1) is 0 Å². The molecule has 1 fully saturated rings. The molecule has 2 unspecified atom stereocenters. The van der Waals surface area contributed by atoms with E-state index in [4.69, 9.17) is 27.9 Å². The lowest BCUT2D eigenvalue weighted by molar-refractivity contribution is -0.127. The summed E-state index contributed by atoms with van der Waals surface area (Å²) in [6, 6.07) is 21.6. The number of para-hydroxylation sites is 1. The third kappa shape index (κ3) is 6.64. The van der Waals surface area contributed by atoms with Gasteiger partial charge < -0.3 is 10.1 Å². The second-order valence-corrected chi connectivity index (χ2v) is 13.7. The van der Waals surface area contributed by atoms with Gasteiger partial charge in [0.1, 0.15) is 12.6 Å². The first-order valence-corrected chi connectivity index (χ1v) is 16.2. The van der Waals surface area contributed by atoms with Gasteiger partial charge in [-0.05, 0) is 43.1 Å². The van der Waals surface area contributed by atoms with Crippen LogP contribution in [0.5, 0.6) is 0 Å². The number of halogens is 3. The average Bonchev–Trinajstić information content (AvgIpc) is 3.23. The van der Waals surface area contributed by atoms with E-state index in [-0.39, 0.29) is 37.5 Å². The summed E-state index contributed by atoms with van der Waals surface area (Å²) < 4.78 is 32.6. The SMILES string of the molecule is CS(=O)(=O)[N+]1(NC(=O)C(COCc2ccccc2)NCc2cccc(Cl)c2Cl)CC2(CCNCC2)c2ccccc21.Cl. The summed E-state index contributed by atoms with van der Waals surface area (Å²) in [5, 5.41) is 7.42. The van der Waals surface area contributed by atoms with E-state index in [0.717, 1.165) is 37.1 Å². The lowest BCUT2D eigenvalue weighted by Gasteiger charge is -2.36. The first-order chi connectivity index (χ1) is 19.7. The van der Waals surface area contributed by atoms with Gasteiger partial charge in [0.05, 0.1) is 34.9 Å². The minimum Gasteiger partial charge on any atom is -0.375 e. The molecule has 3 N–H and O–H groups in total. The van der Waals surface area contributed by atoms with Gasteiger partial charge in [0.25, 0.3) is 5.91 Å². The molecule has 2 aliphatic heterocycles. The number of nitrogens with one attached hydrogen (secondary N) is 3. The minimum absolute atomic E-state index is 0. The Morgan fingerprint density at radius 3 is 2.43 bits per heavy atom. The number of nitrogens with zero attached hydrogens (tertiary/aromatic N) is 1. The van der Waals surface area contributed by atoms with Crippen molar-refractivity contribution in [2.45, 2.75) is 37.5 Å². The molecule has 8 nitrogen and oxygen atoms in total. The van der Waals surface area contributed by atoms with Gasteiger partial charge in [-0.3, -0.25) is 10.1 Å². The zero-order valence-corrected chi connectivity index (χ0v) is 26.5. The van der Waals surface area contributed by atoms with Crippen molar-refractivity contribution in [2.75, 3.05) is 32.5 Å². The van der Waals surface area contributed by atoms with Gasteiger partial charge in [0.15, 0.2) is 5.69 Å². The molecule has 3 aromatic carbocycles. The number of ether oxygens (including phenoxy) is 1.